The van der Waals surface area contributed by atoms with E-state index in [4.69, 9.17) is 30.6 Å². The van der Waals surface area contributed by atoms with Crippen LogP contribution in [0.3, 0.4) is 0 Å². The molecule has 0 aliphatic rings. The molecule has 0 bridgehead atoms. The zero-order valence-electron chi connectivity index (χ0n) is 81.1. The Morgan fingerprint density at radius 1 is 0.303 bits per heavy atom. The van der Waals surface area contributed by atoms with Crippen LogP contribution < -0.4 is 18.3 Å². The van der Waals surface area contributed by atoms with Crippen LogP contribution in [0.1, 0.15) is 68.3 Å². The third-order valence-corrected chi connectivity index (χ3v) is 24.2. The van der Waals surface area contributed by atoms with Gasteiger partial charge in [-0.2, -0.15) is 67.0 Å². The molecular weight excluding hydrogens is 2580 g/mol. The Labute approximate surface area is 888 Å². The van der Waals surface area contributed by atoms with Crippen molar-refractivity contribution in [2.75, 3.05) is 0 Å². The van der Waals surface area contributed by atoms with Gasteiger partial charge in [0.15, 0.2) is 0 Å². The number of para-hydroxylation sites is 8. The van der Waals surface area contributed by atoms with Crippen LogP contribution in [-0.4, -0.2) is 96.1 Å². The number of aromatic nitrogens is 24. The number of aryl methyl sites for hydroxylation is 14. The van der Waals surface area contributed by atoms with E-state index in [0.29, 0.717) is 0 Å². The fraction of sp³-hybridized carbons (Fsp3) is 0.164. The van der Waals surface area contributed by atoms with E-state index in [-0.39, 0.29) is 0 Å². The first-order chi connectivity index (χ1) is 68.8. The van der Waals surface area contributed by atoms with Crippen molar-refractivity contribution >= 4 is 59.7 Å². The third-order valence-electron chi connectivity index (χ3n) is 24.2. The van der Waals surface area contributed by atoms with Crippen LogP contribution in [0, 0.1) is 133 Å². The van der Waals surface area contributed by atoms with Crippen LogP contribution in [0.2, 0.25) is 0 Å². The number of fused-ring (bicyclic) bond motifs is 2. The van der Waals surface area contributed by atoms with Crippen molar-refractivity contribution in [3.63, 3.8) is 0 Å². The molecule has 0 fully saturated rings. The van der Waals surface area contributed by atoms with Gasteiger partial charge in [0.05, 0.1) is 119 Å². The normalized spacial score (nSPS) is 10.9. The molecule has 0 aliphatic heterocycles. The van der Waals surface area contributed by atoms with Crippen LogP contribution in [0.5, 0.6) is 0 Å². The summed E-state index contributed by atoms with van der Waals surface area (Å²) in [5.74, 6) is 1.73. The molecule has 24 nitrogen and oxygen atoms in total. The van der Waals surface area contributed by atoms with Crippen molar-refractivity contribution in [2.24, 2.45) is 42.3 Å². The monoisotopic (exact) mass is 2680 g/mol. The zero-order chi connectivity index (χ0) is 101. The molecule has 0 spiro atoms. The predicted octanol–water partition coefficient (Wildman–Crippen LogP) is 20.9. The van der Waals surface area contributed by atoms with Crippen molar-refractivity contribution in [2.45, 2.75) is 83.1 Å². The van der Waals surface area contributed by atoms with Gasteiger partial charge in [-0.3, -0.25) is 19.3 Å². The fourth-order valence-corrected chi connectivity index (χ4v) is 18.1. The van der Waals surface area contributed by atoms with Crippen molar-refractivity contribution in [1.82, 2.24) is 96.1 Å². The number of hydrogen-bond donors (Lipinski definition) is 0. The molecule has 12 aromatic heterocycles. The van der Waals surface area contributed by atoms with E-state index in [1.807, 2.05) is 231 Å². The van der Waals surface area contributed by atoms with Gasteiger partial charge in [-0.05, 0) is 155 Å². The Kier molecular flexibility index (Phi) is 33.9. The molecule has 0 saturated carbocycles. The average molecular weight is 2680 g/mol. The van der Waals surface area contributed by atoms with Gasteiger partial charge in [0.2, 0.25) is 25.3 Å². The van der Waals surface area contributed by atoms with E-state index in [1.54, 1.807) is 87.5 Å². The van der Waals surface area contributed by atoms with Crippen LogP contribution in [0.4, 0.5) is 0 Å². The number of rotatable bonds is 16. The molecule has 22 rings (SSSR count). The second-order valence-electron chi connectivity index (χ2n) is 33.9. The van der Waals surface area contributed by atoms with Gasteiger partial charge in [-0.1, -0.05) is 161 Å². The molecule has 12 heterocycles. The molecule has 0 radical (unpaired) electrons. The molecule has 730 valence electrons. The summed E-state index contributed by atoms with van der Waals surface area (Å²) in [7, 11) is 30.4. The molecule has 0 saturated heterocycles. The average Bonchev–Trinajstić information content (AvgIpc) is 1.60. The fourth-order valence-electron chi connectivity index (χ4n) is 18.1. The SMILES string of the molecule is Cc1cc(C)n(-c2[c-]c(-n3nc(C)cc3C)cc(-c3c(C)nn(-c4ccccc4)c3C)c2)n1.Cc1nn(-c2ccccc2)c(C)c1-c1cc(-c2nccn2C)[c-]c(-c2nccn2C)c1.Cc1nn(-c2ccccc2)c(C)c1-c1cc(-n2[c-][n+](C)c3ccccc32)[c-]c(-n2[c-][n+](C)c3ccccc32)c1.Cc1nn(-c2ccccc2)c(C)c1-c1cc(-n2[c-][n+](C)cc2)[c-]c(-n2[c-][n+](C)cc2)c1.[Cl][Pt+].[Cl][Pt+].[Cl][Pt].[Cl][Pt]. The van der Waals surface area contributed by atoms with Crippen molar-refractivity contribution in [1.29, 1.82) is 0 Å². The zero-order valence-corrected chi connectivity index (χ0v) is 93.2. The van der Waals surface area contributed by atoms with E-state index in [2.05, 4.69) is 333 Å². The van der Waals surface area contributed by atoms with Gasteiger partial charge >= 0.3 is 113 Å². The van der Waals surface area contributed by atoms with Gasteiger partial charge in [0.1, 0.15) is 0 Å². The summed E-state index contributed by atoms with van der Waals surface area (Å²) in [4.78, 5) is 9.09. The summed E-state index contributed by atoms with van der Waals surface area (Å²) in [5, 5.41) is 28.9. The Morgan fingerprint density at radius 2 is 0.585 bits per heavy atom. The minimum absolute atomic E-state index is 0.864. The van der Waals surface area contributed by atoms with Crippen molar-refractivity contribution in [3.05, 3.63) is 398 Å². The molecule has 0 aliphatic carbocycles. The summed E-state index contributed by atoms with van der Waals surface area (Å²) < 4.78 is 31.8. The summed E-state index contributed by atoms with van der Waals surface area (Å²) in [6.07, 6.45) is 28.9. The van der Waals surface area contributed by atoms with Gasteiger partial charge in [0, 0.05) is 120 Å². The third kappa shape index (κ3) is 22.0. The number of benzene rings is 10. The van der Waals surface area contributed by atoms with Gasteiger partial charge in [-0.25, -0.2) is 18.7 Å². The topological polar surface area (TPSA) is 178 Å². The molecule has 0 atom stereocenters. The summed E-state index contributed by atoms with van der Waals surface area (Å²) >= 11 is 6.44. The van der Waals surface area contributed by atoms with E-state index < -0.39 is 0 Å². The molecular formula is C110H100Cl4N24Pt4-2. The molecule has 22 aromatic rings. The first-order valence-corrected chi connectivity index (χ1v) is 56.1. The standard InChI is InChI=1S/C33H27N6.C27H27N6.2C25H23N6.4ClH.4Pt/c1-23-33(24(2)39(34-23)26-12-6-5-7-13-26)25-18-27(37-21-35(3)29-14-8-10-16-31(29)37)20-28(19-25)38-22-36(4)30-15-9-11-17-32(30)38;1-17-12-19(3)31(28-17)25-14-23(15-26(16-25)32-20(4)13-18(2)29-32)27-21(5)30-33(22(27)6)24-10-8-7-9-11-24;1-19-25(20(2)31(26-19)22-8-6-5-7-9-22)21-14-23(29-12-10-27(3)17-29)16-24(15-21)30-13-11-28(4)18-30;1-17-23(18(2)31(28-17)22-8-6-5-7-9-22)19-14-20(24-26-10-12-29(24)3)16-21(15-19)25-27-11-13-30(25)4;;;;;;;;/h5-19H,1-4H3;7-15H,1-6H3;2*5-15H,1-4H3;4*1H;;;;/q4*-1;;;;;2*+1;2*+2/p-4. The van der Waals surface area contributed by atoms with Crippen molar-refractivity contribution < 1.29 is 93.4 Å². The molecule has 32 heteroatoms. The van der Waals surface area contributed by atoms with Crippen LogP contribution in [0.15, 0.2) is 280 Å². The number of nitrogens with zero attached hydrogens (tertiary/aromatic N) is 24. The first-order valence-electron chi connectivity index (χ1n) is 44.8. The Bertz CT molecular complexity index is 7870. The number of halogens is 4. The van der Waals surface area contributed by atoms with Crippen LogP contribution in [0.25, 0.3) is 146 Å². The number of hydrogen-bond acceptors (Lipinski definition) is 8. The first kappa shape index (κ1) is 104. The second-order valence-corrected chi connectivity index (χ2v) is 33.9. The van der Waals surface area contributed by atoms with Crippen LogP contribution in [-0.2, 0) is 117 Å². The predicted molar refractivity (Wildman–Crippen MR) is 543 cm³/mol. The van der Waals surface area contributed by atoms with Gasteiger partial charge in [0.25, 0.3) is 0 Å². The van der Waals surface area contributed by atoms with E-state index >= 15 is 0 Å². The second kappa shape index (κ2) is 46.5. The summed E-state index contributed by atoms with van der Waals surface area (Å²) in [6.45, 7) is 24.9. The van der Waals surface area contributed by atoms with Crippen molar-refractivity contribution in [3.8, 4) is 124 Å². The van der Waals surface area contributed by atoms with Gasteiger partial charge < -0.3 is 45.7 Å². The maximum absolute atomic E-state index is 4.94. The molecule has 142 heavy (non-hydrogen) atoms. The molecule has 10 aromatic carbocycles. The minimum atomic E-state index is 0.864. The summed E-state index contributed by atoms with van der Waals surface area (Å²) in [6, 6.07) is 93.2. The quantitative estimate of drug-likeness (QED) is 0.0677. The molecule has 0 unspecified atom stereocenters. The number of imidazole rings is 6. The van der Waals surface area contributed by atoms with E-state index in [1.165, 1.54) is 0 Å². The molecule has 0 N–H and O–H groups in total. The Hall–Kier alpha value is -12.8. The maximum atomic E-state index is 4.94. The Balaban J connectivity index is 0.000000140. The van der Waals surface area contributed by atoms with E-state index in [9.17, 15) is 0 Å². The molecule has 0 amide bonds. The van der Waals surface area contributed by atoms with Crippen LogP contribution >= 0.6 is 37.7 Å². The van der Waals surface area contributed by atoms with Gasteiger partial charge in [-0.15, -0.1) is 53.1 Å². The summed E-state index contributed by atoms with van der Waals surface area (Å²) in [5.41, 5.74) is 36.8. The van der Waals surface area contributed by atoms with E-state index in [0.717, 1.165) is 215 Å². The Morgan fingerprint density at radius 3 is 0.873 bits per heavy atom.